The number of nitrogens with zero attached hydrogens (tertiary/aromatic N) is 5. The molecule has 4 aromatic rings. The number of ketones is 1. The van der Waals surface area contributed by atoms with Crippen LogP contribution in [-0.4, -0.2) is 80.4 Å². The van der Waals surface area contributed by atoms with E-state index in [0.29, 0.717) is 12.0 Å². The molecular formula is C41H40N6O6. The minimum atomic E-state index is -0.980. The third-order valence-electron chi connectivity index (χ3n) is 11.6. The Labute approximate surface area is 306 Å². The van der Waals surface area contributed by atoms with Crippen molar-refractivity contribution in [2.24, 2.45) is 0 Å². The van der Waals surface area contributed by atoms with Gasteiger partial charge in [-0.3, -0.25) is 43.9 Å². The Bertz CT molecular complexity index is 2150. The number of hydrogen-bond acceptors (Lipinski definition) is 9. The molecule has 2 aromatic carbocycles. The Balaban J connectivity index is 0.855. The molecule has 3 atom stereocenters. The van der Waals surface area contributed by atoms with Gasteiger partial charge in [-0.1, -0.05) is 18.2 Å². The Hall–Kier alpha value is -5.49. The monoisotopic (exact) mass is 712 g/mol. The topological polar surface area (TPSA) is 144 Å². The summed E-state index contributed by atoms with van der Waals surface area (Å²) in [6, 6.07) is 14.7. The summed E-state index contributed by atoms with van der Waals surface area (Å²) in [6.07, 6.45) is 13.2. The highest BCUT2D eigenvalue weighted by atomic mass is 16.5. The quantitative estimate of drug-likeness (QED) is 0.252. The SMILES string of the molecule is O=C1CCC(N2C(=O)c3ccc(N4CCC(OC5CCCC(n6cc(-c7ccc8c(c7)CCC8=O)c(-c7ccncc7)n6)C5)CC4)cc3C2=O)C(=O)N1. The summed E-state index contributed by atoms with van der Waals surface area (Å²) in [6.45, 7) is 1.51. The van der Waals surface area contributed by atoms with E-state index in [9.17, 15) is 24.0 Å². The van der Waals surface area contributed by atoms with Gasteiger partial charge in [0, 0.05) is 66.9 Å². The second-order valence-corrected chi connectivity index (χ2v) is 14.8. The lowest BCUT2D eigenvalue weighted by atomic mass is 9.92. The summed E-state index contributed by atoms with van der Waals surface area (Å²) >= 11 is 0. The van der Waals surface area contributed by atoms with E-state index in [1.807, 2.05) is 30.3 Å². The summed E-state index contributed by atoms with van der Waals surface area (Å²) in [7, 11) is 0. The van der Waals surface area contributed by atoms with Crippen molar-refractivity contribution >= 4 is 35.1 Å². The van der Waals surface area contributed by atoms with Gasteiger partial charge in [0.2, 0.25) is 11.8 Å². The van der Waals surface area contributed by atoms with Gasteiger partial charge in [0.05, 0.1) is 29.4 Å². The highest BCUT2D eigenvalue weighted by Crippen LogP contribution is 2.39. The zero-order valence-corrected chi connectivity index (χ0v) is 29.3. The average Bonchev–Trinajstić information content (AvgIpc) is 3.86. The molecule has 12 nitrogen and oxygen atoms in total. The van der Waals surface area contributed by atoms with E-state index < -0.39 is 29.7 Å². The number of fused-ring (bicyclic) bond motifs is 2. The highest BCUT2D eigenvalue weighted by molar-refractivity contribution is 6.23. The van der Waals surface area contributed by atoms with Gasteiger partial charge in [-0.2, -0.15) is 5.10 Å². The van der Waals surface area contributed by atoms with Gasteiger partial charge < -0.3 is 9.64 Å². The number of amides is 4. The lowest BCUT2D eigenvalue weighted by Gasteiger charge is -2.37. The molecule has 0 bridgehead atoms. The van der Waals surface area contributed by atoms with Crippen molar-refractivity contribution in [1.82, 2.24) is 25.0 Å². The summed E-state index contributed by atoms with van der Waals surface area (Å²) in [5.41, 5.74) is 7.42. The van der Waals surface area contributed by atoms with Crippen molar-refractivity contribution in [3.63, 3.8) is 0 Å². The van der Waals surface area contributed by atoms with Gasteiger partial charge in [0.25, 0.3) is 11.8 Å². The summed E-state index contributed by atoms with van der Waals surface area (Å²) in [5, 5.41) is 7.41. The van der Waals surface area contributed by atoms with E-state index in [4.69, 9.17) is 9.84 Å². The minimum Gasteiger partial charge on any atom is -0.375 e. The zero-order chi connectivity index (χ0) is 36.2. The first kappa shape index (κ1) is 33.4. The lowest BCUT2D eigenvalue weighted by Crippen LogP contribution is -2.54. The first-order valence-electron chi connectivity index (χ1n) is 18.7. The molecule has 5 aliphatic rings. The lowest BCUT2D eigenvalue weighted by molar-refractivity contribution is -0.136. The number of aryl methyl sites for hydroxylation is 1. The van der Waals surface area contributed by atoms with Crippen molar-refractivity contribution in [1.29, 1.82) is 0 Å². The van der Waals surface area contributed by atoms with Gasteiger partial charge in [-0.05, 0) is 92.8 Å². The third-order valence-corrected chi connectivity index (χ3v) is 11.6. The van der Waals surface area contributed by atoms with Crippen LogP contribution in [0.3, 0.4) is 0 Å². The van der Waals surface area contributed by atoms with E-state index in [0.717, 1.165) is 102 Å². The maximum Gasteiger partial charge on any atom is 0.262 e. The largest absolute Gasteiger partial charge is 0.375 e. The Morgan fingerprint density at radius 1 is 0.717 bits per heavy atom. The number of rotatable bonds is 7. The van der Waals surface area contributed by atoms with Crippen LogP contribution in [0.5, 0.6) is 0 Å². The molecule has 9 rings (SSSR count). The second-order valence-electron chi connectivity index (χ2n) is 14.8. The van der Waals surface area contributed by atoms with Crippen LogP contribution in [0, 0.1) is 0 Å². The molecule has 2 saturated heterocycles. The molecule has 3 fully saturated rings. The molecule has 0 spiro atoms. The molecule has 3 unspecified atom stereocenters. The maximum absolute atomic E-state index is 13.4. The predicted molar refractivity (Wildman–Crippen MR) is 194 cm³/mol. The van der Waals surface area contributed by atoms with Crippen LogP contribution in [-0.2, 0) is 20.7 Å². The van der Waals surface area contributed by atoms with Crippen molar-refractivity contribution in [2.75, 3.05) is 18.0 Å². The number of anilines is 1. The van der Waals surface area contributed by atoms with Gasteiger partial charge in [-0.25, -0.2) is 0 Å². The van der Waals surface area contributed by atoms with Crippen molar-refractivity contribution < 1.29 is 28.7 Å². The van der Waals surface area contributed by atoms with Crippen molar-refractivity contribution in [3.8, 4) is 22.4 Å². The number of carbonyl (C=O) groups is 5. The van der Waals surface area contributed by atoms with Crippen LogP contribution < -0.4 is 10.2 Å². The van der Waals surface area contributed by atoms with Crippen LogP contribution in [0.1, 0.15) is 100 Å². The summed E-state index contributed by atoms with van der Waals surface area (Å²) in [4.78, 5) is 70.4. The van der Waals surface area contributed by atoms with Gasteiger partial charge in [-0.15, -0.1) is 0 Å². The predicted octanol–water partition coefficient (Wildman–Crippen LogP) is 5.31. The fraction of sp³-hybridized carbons (Fsp3) is 0.390. The fourth-order valence-electron chi connectivity index (χ4n) is 8.80. The molecule has 3 aliphatic heterocycles. The normalized spacial score (nSPS) is 23.4. The van der Waals surface area contributed by atoms with Crippen LogP contribution in [0.4, 0.5) is 5.69 Å². The van der Waals surface area contributed by atoms with E-state index in [1.54, 1.807) is 24.5 Å². The van der Waals surface area contributed by atoms with Gasteiger partial charge >= 0.3 is 0 Å². The molecule has 4 amide bonds. The van der Waals surface area contributed by atoms with Crippen LogP contribution >= 0.6 is 0 Å². The molecule has 0 radical (unpaired) electrons. The van der Waals surface area contributed by atoms with E-state index in [-0.39, 0.29) is 42.4 Å². The number of ether oxygens (including phenoxy) is 1. The molecule has 270 valence electrons. The molecule has 5 heterocycles. The zero-order valence-electron chi connectivity index (χ0n) is 29.3. The number of benzene rings is 2. The van der Waals surface area contributed by atoms with Crippen LogP contribution in [0.2, 0.25) is 0 Å². The van der Waals surface area contributed by atoms with Gasteiger partial charge in [0.1, 0.15) is 11.7 Å². The van der Waals surface area contributed by atoms with Crippen LogP contribution in [0.25, 0.3) is 22.4 Å². The molecule has 53 heavy (non-hydrogen) atoms. The number of piperidine rings is 2. The van der Waals surface area contributed by atoms with Crippen molar-refractivity contribution in [3.05, 3.63) is 89.4 Å². The number of nitrogens with one attached hydrogen (secondary N) is 1. The second kappa shape index (κ2) is 13.5. The number of imide groups is 2. The molecule has 2 aromatic heterocycles. The highest BCUT2D eigenvalue weighted by Gasteiger charge is 2.45. The Morgan fingerprint density at radius 3 is 2.32 bits per heavy atom. The average molecular weight is 713 g/mol. The molecule has 12 heteroatoms. The smallest absolute Gasteiger partial charge is 0.262 e. The minimum absolute atomic E-state index is 0.0888. The first-order chi connectivity index (χ1) is 25.8. The first-order valence-corrected chi connectivity index (χ1v) is 18.7. The number of pyridine rings is 1. The number of Topliss-reactive ketones (excluding diaryl/α,β-unsaturated/α-hetero) is 1. The maximum atomic E-state index is 13.4. The standard InChI is InChI=1S/C41H40N6O6/c48-36-10-5-25-20-26(4-7-31(25)36)34-23-46(44-38(34)24-12-16-42-17-13-24)28-2-1-3-30(21-28)53-29-14-18-45(19-15-29)27-6-8-32-33(22-27)41(52)47(40(32)51)35-9-11-37(49)43-39(35)50/h4,6-8,12-13,16-17,20,22-23,28-30,35H,1-3,5,9-11,14-15,18-19,21H2,(H,43,49,50). The molecule has 1 N–H and O–H groups in total. The summed E-state index contributed by atoms with van der Waals surface area (Å²) < 4.78 is 8.89. The third kappa shape index (κ3) is 6.14. The number of aromatic nitrogens is 3. The Morgan fingerprint density at radius 2 is 1.51 bits per heavy atom. The molecular weight excluding hydrogens is 672 g/mol. The molecule has 2 aliphatic carbocycles. The summed E-state index contributed by atoms with van der Waals surface area (Å²) in [5.74, 6) is -1.78. The van der Waals surface area contributed by atoms with E-state index in [2.05, 4.69) is 32.1 Å². The number of carbonyl (C=O) groups excluding carboxylic acids is 5. The van der Waals surface area contributed by atoms with E-state index in [1.165, 1.54) is 0 Å². The van der Waals surface area contributed by atoms with Gasteiger partial charge in [0.15, 0.2) is 5.78 Å². The van der Waals surface area contributed by atoms with E-state index >= 15 is 0 Å². The molecule has 1 saturated carbocycles. The van der Waals surface area contributed by atoms with Crippen LogP contribution in [0.15, 0.2) is 67.1 Å². The Kier molecular flexibility index (Phi) is 8.49. The fourth-order valence-corrected chi connectivity index (χ4v) is 8.80. The van der Waals surface area contributed by atoms with Crippen molar-refractivity contribution in [2.45, 2.75) is 88.5 Å². The number of hydrogen-bond donors (Lipinski definition) is 1.